The molecule has 1 saturated heterocycles. The molecular formula is C15H22O2. The van der Waals surface area contributed by atoms with Crippen LogP contribution in [-0.2, 0) is 9.53 Å². The maximum Gasteiger partial charge on any atom is 0.334 e. The molecule has 0 N–H and O–H groups in total. The van der Waals surface area contributed by atoms with Gasteiger partial charge in [-0.25, -0.2) is 4.79 Å². The minimum Gasteiger partial charge on any atom is -0.462 e. The molecule has 1 aliphatic carbocycles. The second-order valence-corrected chi connectivity index (χ2v) is 6.17. The Labute approximate surface area is 104 Å². The van der Waals surface area contributed by atoms with Gasteiger partial charge in [-0.1, -0.05) is 32.4 Å². The molecule has 1 unspecified atom stereocenters. The average Bonchev–Trinajstić information content (AvgIpc) is 2.64. The highest BCUT2D eigenvalue weighted by atomic mass is 16.5. The van der Waals surface area contributed by atoms with Crippen molar-refractivity contribution in [3.8, 4) is 0 Å². The summed E-state index contributed by atoms with van der Waals surface area (Å²) in [5, 5.41) is 0. The van der Waals surface area contributed by atoms with Gasteiger partial charge in [-0.3, -0.25) is 0 Å². The van der Waals surface area contributed by atoms with E-state index in [-0.39, 0.29) is 5.97 Å². The molecule has 0 aromatic heterocycles. The van der Waals surface area contributed by atoms with Crippen molar-refractivity contribution in [2.75, 3.05) is 6.61 Å². The van der Waals surface area contributed by atoms with Crippen molar-refractivity contribution in [2.24, 2.45) is 11.3 Å². The Kier molecular flexibility index (Phi) is 3.41. The molecule has 2 heteroatoms. The third kappa shape index (κ3) is 2.99. The van der Waals surface area contributed by atoms with Crippen molar-refractivity contribution in [1.82, 2.24) is 0 Å². The third-order valence-electron chi connectivity index (χ3n) is 3.90. The average molecular weight is 234 g/mol. The lowest BCUT2D eigenvalue weighted by Crippen LogP contribution is -2.22. The summed E-state index contributed by atoms with van der Waals surface area (Å²) >= 11 is 0. The van der Waals surface area contributed by atoms with E-state index in [0.29, 0.717) is 12.0 Å². The lowest BCUT2D eigenvalue weighted by atomic mass is 9.73. The predicted molar refractivity (Wildman–Crippen MR) is 68.5 cm³/mol. The number of carbonyl (C=O) groups is 1. The van der Waals surface area contributed by atoms with E-state index in [4.69, 9.17) is 4.74 Å². The highest BCUT2D eigenvalue weighted by Gasteiger charge is 2.26. The summed E-state index contributed by atoms with van der Waals surface area (Å²) in [6, 6.07) is 0. The molecule has 1 fully saturated rings. The topological polar surface area (TPSA) is 26.3 Å². The highest BCUT2D eigenvalue weighted by molar-refractivity contribution is 5.90. The van der Waals surface area contributed by atoms with Crippen molar-refractivity contribution in [3.63, 3.8) is 0 Å². The van der Waals surface area contributed by atoms with Gasteiger partial charge in [0.25, 0.3) is 0 Å². The van der Waals surface area contributed by atoms with Gasteiger partial charge < -0.3 is 4.74 Å². The van der Waals surface area contributed by atoms with Gasteiger partial charge in [0.15, 0.2) is 0 Å². The summed E-state index contributed by atoms with van der Waals surface area (Å²) in [4.78, 5) is 11.4. The molecule has 1 aliphatic heterocycles. The van der Waals surface area contributed by atoms with Crippen molar-refractivity contribution in [1.29, 1.82) is 0 Å². The van der Waals surface area contributed by atoms with Gasteiger partial charge in [0.05, 0.1) is 6.61 Å². The second kappa shape index (κ2) is 4.67. The van der Waals surface area contributed by atoms with Crippen LogP contribution in [0.4, 0.5) is 0 Å². The summed E-state index contributed by atoms with van der Waals surface area (Å²) in [5.74, 6) is 0.643. The Balaban J connectivity index is 2.02. The fourth-order valence-corrected chi connectivity index (χ4v) is 2.58. The van der Waals surface area contributed by atoms with Crippen LogP contribution in [0.2, 0.25) is 0 Å². The van der Waals surface area contributed by atoms with E-state index in [1.54, 1.807) is 0 Å². The molecule has 0 aromatic carbocycles. The first-order chi connectivity index (χ1) is 7.97. The first-order valence-electron chi connectivity index (χ1n) is 6.53. The van der Waals surface area contributed by atoms with Crippen LogP contribution < -0.4 is 0 Å². The smallest absolute Gasteiger partial charge is 0.334 e. The van der Waals surface area contributed by atoms with Gasteiger partial charge in [-0.2, -0.15) is 0 Å². The molecule has 2 rings (SSSR count). The zero-order chi connectivity index (χ0) is 12.5. The quantitative estimate of drug-likeness (QED) is 0.511. The van der Waals surface area contributed by atoms with E-state index in [1.807, 2.05) is 6.08 Å². The minimum absolute atomic E-state index is 0.121. The molecule has 0 saturated carbocycles. The van der Waals surface area contributed by atoms with Crippen molar-refractivity contribution in [2.45, 2.75) is 46.5 Å². The number of hydrogen-bond acceptors (Lipinski definition) is 2. The molecule has 2 nitrogen and oxygen atoms in total. The molecule has 2 aliphatic rings. The maximum atomic E-state index is 11.4. The van der Waals surface area contributed by atoms with Crippen LogP contribution in [0.3, 0.4) is 0 Å². The Morgan fingerprint density at radius 1 is 1.35 bits per heavy atom. The molecule has 1 atom stereocenters. The zero-order valence-corrected chi connectivity index (χ0v) is 11.1. The fourth-order valence-electron chi connectivity index (χ4n) is 2.58. The van der Waals surface area contributed by atoms with E-state index in [1.165, 1.54) is 12.0 Å². The van der Waals surface area contributed by atoms with Crippen molar-refractivity contribution in [3.05, 3.63) is 23.3 Å². The Hall–Kier alpha value is -1.05. The van der Waals surface area contributed by atoms with Gasteiger partial charge in [-0.15, -0.1) is 0 Å². The Morgan fingerprint density at radius 2 is 2.12 bits per heavy atom. The summed E-state index contributed by atoms with van der Waals surface area (Å²) in [5.41, 5.74) is 2.56. The molecule has 17 heavy (non-hydrogen) atoms. The minimum atomic E-state index is -0.121. The van der Waals surface area contributed by atoms with Gasteiger partial charge >= 0.3 is 5.97 Å². The maximum absolute atomic E-state index is 11.4. The molecular weight excluding hydrogens is 212 g/mol. The molecule has 1 heterocycles. The first kappa shape index (κ1) is 12.4. The van der Waals surface area contributed by atoms with Crippen LogP contribution in [0.25, 0.3) is 0 Å². The second-order valence-electron chi connectivity index (χ2n) is 6.17. The van der Waals surface area contributed by atoms with Gasteiger partial charge in [0.1, 0.15) is 0 Å². The number of esters is 1. The number of cyclic esters (lactones) is 1. The largest absolute Gasteiger partial charge is 0.462 e. The van der Waals surface area contributed by atoms with Crippen LogP contribution in [0.1, 0.15) is 46.5 Å². The number of ether oxygens (including phenoxy) is 1. The zero-order valence-electron chi connectivity index (χ0n) is 11.1. The van der Waals surface area contributed by atoms with Crippen molar-refractivity contribution >= 4 is 5.97 Å². The van der Waals surface area contributed by atoms with Crippen LogP contribution in [0, 0.1) is 11.3 Å². The highest BCUT2D eigenvalue weighted by Crippen LogP contribution is 2.37. The number of carbonyl (C=O) groups excluding carboxylic acids is 1. The summed E-state index contributed by atoms with van der Waals surface area (Å²) < 4.78 is 4.95. The monoisotopic (exact) mass is 234 g/mol. The first-order valence-corrected chi connectivity index (χ1v) is 6.53. The lowest BCUT2D eigenvalue weighted by Gasteiger charge is -2.32. The van der Waals surface area contributed by atoms with E-state index in [0.717, 1.165) is 30.8 Å². The van der Waals surface area contributed by atoms with E-state index < -0.39 is 0 Å². The van der Waals surface area contributed by atoms with Crippen LogP contribution in [0.15, 0.2) is 23.3 Å². The van der Waals surface area contributed by atoms with E-state index in [2.05, 4.69) is 26.8 Å². The van der Waals surface area contributed by atoms with Crippen LogP contribution in [0.5, 0.6) is 0 Å². The SMILES string of the molecule is CC(C)(C)C1CC=C(/C=C2/CCOC2=O)CC1. The van der Waals surface area contributed by atoms with Crippen LogP contribution in [-0.4, -0.2) is 12.6 Å². The van der Waals surface area contributed by atoms with Crippen molar-refractivity contribution < 1.29 is 9.53 Å². The Morgan fingerprint density at radius 3 is 2.59 bits per heavy atom. The van der Waals surface area contributed by atoms with E-state index in [9.17, 15) is 4.79 Å². The van der Waals surface area contributed by atoms with Crippen LogP contribution >= 0.6 is 0 Å². The Bertz CT molecular complexity index is 369. The molecule has 94 valence electrons. The normalized spacial score (nSPS) is 28.2. The van der Waals surface area contributed by atoms with Gasteiger partial charge in [0.2, 0.25) is 0 Å². The predicted octanol–water partition coefficient (Wildman–Crippen LogP) is 3.63. The molecule has 0 amide bonds. The standard InChI is InChI=1S/C15H22O2/c1-15(2,3)13-6-4-11(5-7-13)10-12-8-9-17-14(12)16/h4,10,13H,5-9H2,1-3H3/b12-10-. The third-order valence-corrected chi connectivity index (χ3v) is 3.90. The van der Waals surface area contributed by atoms with E-state index >= 15 is 0 Å². The number of hydrogen-bond donors (Lipinski definition) is 0. The number of rotatable bonds is 1. The molecule has 0 bridgehead atoms. The van der Waals surface area contributed by atoms with Gasteiger partial charge in [-0.05, 0) is 36.7 Å². The molecule has 0 aromatic rings. The summed E-state index contributed by atoms with van der Waals surface area (Å²) in [7, 11) is 0. The number of allylic oxidation sites excluding steroid dienone is 3. The summed E-state index contributed by atoms with van der Waals surface area (Å²) in [6.45, 7) is 7.48. The molecule has 0 spiro atoms. The van der Waals surface area contributed by atoms with Gasteiger partial charge in [0, 0.05) is 12.0 Å². The summed E-state index contributed by atoms with van der Waals surface area (Å²) in [6.07, 6.45) is 8.59. The molecule has 0 radical (unpaired) electrons. The fraction of sp³-hybridized carbons (Fsp3) is 0.667. The lowest BCUT2D eigenvalue weighted by molar-refractivity contribution is -0.135.